The van der Waals surface area contributed by atoms with Gasteiger partial charge in [0, 0.05) is 16.9 Å². The van der Waals surface area contributed by atoms with Crippen LogP contribution >= 0.6 is 15.9 Å². The van der Waals surface area contributed by atoms with Crippen molar-refractivity contribution in [3.8, 4) is 0 Å². The molecule has 76 valence electrons. The summed E-state index contributed by atoms with van der Waals surface area (Å²) in [5.41, 5.74) is 2.43. The molecule has 0 atom stereocenters. The van der Waals surface area contributed by atoms with Crippen molar-refractivity contribution in [1.29, 1.82) is 0 Å². The minimum atomic E-state index is 1.10. The summed E-state index contributed by atoms with van der Waals surface area (Å²) in [5, 5.41) is 5.42. The number of halogens is 1. The maximum Gasteiger partial charge on any atom is 0.0823 e. The molecule has 1 aromatic carbocycles. The molecule has 0 bridgehead atoms. The average Bonchev–Trinajstić information content (AvgIpc) is 2.59. The highest BCUT2D eigenvalue weighted by molar-refractivity contribution is 9.10. The van der Waals surface area contributed by atoms with E-state index in [4.69, 9.17) is 0 Å². The molecular weight excluding hydrogens is 240 g/mol. The first kappa shape index (κ1) is 11.2. The maximum atomic E-state index is 4.20. The van der Waals surface area contributed by atoms with Crippen LogP contribution in [0.1, 0.15) is 19.4 Å². The van der Waals surface area contributed by atoms with Crippen LogP contribution < -0.4 is 0 Å². The van der Waals surface area contributed by atoms with E-state index in [9.17, 15) is 0 Å². The predicted octanol–water partition coefficient (Wildman–Crippen LogP) is 3.67. The number of nitrogens with zero attached hydrogens (tertiary/aromatic N) is 2. The first-order valence-electron chi connectivity index (χ1n) is 4.77. The molecule has 0 unspecified atom stereocenters. The topological polar surface area (TPSA) is 17.8 Å². The van der Waals surface area contributed by atoms with E-state index in [-0.39, 0.29) is 0 Å². The third-order valence-corrected chi connectivity index (χ3v) is 2.71. The Morgan fingerprint density at radius 1 is 1.29 bits per heavy atom. The Hall–Kier alpha value is -0.830. The standard InChI is InChI=1S/C9H9BrN2.C2H6/c1-6-3-4-8(10)9-7(6)5-11-12(9)2;1-2/h3-5H,1-2H3;1-2H3. The van der Waals surface area contributed by atoms with Crippen molar-refractivity contribution in [3.63, 3.8) is 0 Å². The van der Waals surface area contributed by atoms with Crippen LogP contribution in [-0.2, 0) is 7.05 Å². The van der Waals surface area contributed by atoms with Gasteiger partial charge in [0.25, 0.3) is 0 Å². The fourth-order valence-electron chi connectivity index (χ4n) is 1.38. The molecule has 0 saturated heterocycles. The summed E-state index contributed by atoms with van der Waals surface area (Å²) in [7, 11) is 1.95. The van der Waals surface area contributed by atoms with Gasteiger partial charge in [0.05, 0.1) is 11.7 Å². The minimum absolute atomic E-state index is 1.10. The van der Waals surface area contributed by atoms with Gasteiger partial charge in [0.15, 0.2) is 0 Å². The van der Waals surface area contributed by atoms with E-state index in [2.05, 4.69) is 40.1 Å². The van der Waals surface area contributed by atoms with Crippen LogP contribution in [0.15, 0.2) is 22.8 Å². The van der Waals surface area contributed by atoms with E-state index in [0.717, 1.165) is 9.99 Å². The molecule has 2 aromatic rings. The molecule has 3 heteroatoms. The minimum Gasteiger partial charge on any atom is -0.267 e. The zero-order valence-corrected chi connectivity index (χ0v) is 10.6. The molecular formula is C11H15BrN2. The molecule has 0 radical (unpaired) electrons. The largest absolute Gasteiger partial charge is 0.267 e. The summed E-state index contributed by atoms with van der Waals surface area (Å²) in [6.45, 7) is 6.09. The van der Waals surface area contributed by atoms with Crippen molar-refractivity contribution in [2.24, 2.45) is 7.05 Å². The summed E-state index contributed by atoms with van der Waals surface area (Å²) in [5.74, 6) is 0. The second-order valence-corrected chi connectivity index (χ2v) is 3.75. The van der Waals surface area contributed by atoms with Crippen LogP contribution in [-0.4, -0.2) is 9.78 Å². The van der Waals surface area contributed by atoms with Gasteiger partial charge < -0.3 is 0 Å². The number of hydrogen-bond acceptors (Lipinski definition) is 1. The molecule has 0 fully saturated rings. The van der Waals surface area contributed by atoms with Gasteiger partial charge in [-0.15, -0.1) is 0 Å². The summed E-state index contributed by atoms with van der Waals surface area (Å²) >= 11 is 3.50. The molecule has 2 rings (SSSR count). The van der Waals surface area contributed by atoms with Crippen LogP contribution in [0, 0.1) is 6.92 Å². The Labute approximate surface area is 93.1 Å². The zero-order chi connectivity index (χ0) is 10.7. The molecule has 0 aliphatic rings. The van der Waals surface area contributed by atoms with Crippen molar-refractivity contribution in [1.82, 2.24) is 9.78 Å². The van der Waals surface area contributed by atoms with Gasteiger partial charge >= 0.3 is 0 Å². The van der Waals surface area contributed by atoms with Crippen molar-refractivity contribution in [3.05, 3.63) is 28.4 Å². The predicted molar refractivity (Wildman–Crippen MR) is 64.5 cm³/mol. The second-order valence-electron chi connectivity index (χ2n) is 2.89. The van der Waals surface area contributed by atoms with E-state index in [1.165, 1.54) is 10.9 Å². The fourth-order valence-corrected chi connectivity index (χ4v) is 1.98. The highest BCUT2D eigenvalue weighted by Crippen LogP contribution is 2.25. The monoisotopic (exact) mass is 254 g/mol. The van der Waals surface area contributed by atoms with E-state index in [1.807, 2.05) is 31.8 Å². The van der Waals surface area contributed by atoms with Crippen molar-refractivity contribution >= 4 is 26.8 Å². The Bertz CT molecular complexity index is 432. The molecule has 0 saturated carbocycles. The SMILES string of the molecule is CC.Cc1ccc(Br)c2c1cnn2C. The number of benzene rings is 1. The quantitative estimate of drug-likeness (QED) is 0.702. The number of rotatable bonds is 0. The van der Waals surface area contributed by atoms with Crippen molar-refractivity contribution in [2.45, 2.75) is 20.8 Å². The van der Waals surface area contributed by atoms with Crippen molar-refractivity contribution in [2.75, 3.05) is 0 Å². The molecule has 2 nitrogen and oxygen atoms in total. The molecule has 0 N–H and O–H groups in total. The Balaban J connectivity index is 0.000000461. The second kappa shape index (κ2) is 4.60. The molecule has 0 spiro atoms. The van der Waals surface area contributed by atoms with E-state index < -0.39 is 0 Å². The van der Waals surface area contributed by atoms with Gasteiger partial charge in [-0.25, -0.2) is 0 Å². The zero-order valence-electron chi connectivity index (χ0n) is 9.00. The number of hydrogen-bond donors (Lipinski definition) is 0. The highest BCUT2D eigenvalue weighted by atomic mass is 79.9. The first-order chi connectivity index (χ1) is 6.70. The molecule has 0 aliphatic carbocycles. The van der Waals surface area contributed by atoms with Gasteiger partial charge in [-0.3, -0.25) is 4.68 Å². The van der Waals surface area contributed by atoms with E-state index in [1.54, 1.807) is 0 Å². The van der Waals surface area contributed by atoms with Crippen LogP contribution in [0.5, 0.6) is 0 Å². The van der Waals surface area contributed by atoms with E-state index in [0.29, 0.717) is 0 Å². The van der Waals surface area contributed by atoms with Gasteiger partial charge in [-0.2, -0.15) is 5.10 Å². The van der Waals surface area contributed by atoms with Gasteiger partial charge in [-0.05, 0) is 34.5 Å². The fraction of sp³-hybridized carbons (Fsp3) is 0.364. The summed E-state index contributed by atoms with van der Waals surface area (Å²) in [6.07, 6.45) is 1.90. The smallest absolute Gasteiger partial charge is 0.0823 e. The Morgan fingerprint density at radius 3 is 2.50 bits per heavy atom. The Kier molecular flexibility index (Phi) is 3.69. The normalized spacial score (nSPS) is 9.79. The maximum absolute atomic E-state index is 4.20. The lowest BCUT2D eigenvalue weighted by atomic mass is 10.1. The van der Waals surface area contributed by atoms with Crippen LogP contribution in [0.4, 0.5) is 0 Å². The van der Waals surface area contributed by atoms with Gasteiger partial charge in [0.2, 0.25) is 0 Å². The first-order valence-corrected chi connectivity index (χ1v) is 5.56. The number of aromatic nitrogens is 2. The Morgan fingerprint density at radius 2 is 1.93 bits per heavy atom. The lowest BCUT2D eigenvalue weighted by Gasteiger charge is -1.99. The summed E-state index contributed by atoms with van der Waals surface area (Å²) < 4.78 is 2.98. The van der Waals surface area contributed by atoms with E-state index >= 15 is 0 Å². The lowest BCUT2D eigenvalue weighted by Crippen LogP contribution is -1.89. The highest BCUT2D eigenvalue weighted by Gasteiger charge is 2.04. The van der Waals surface area contributed by atoms with Crippen LogP contribution in [0.3, 0.4) is 0 Å². The lowest BCUT2D eigenvalue weighted by molar-refractivity contribution is 0.795. The summed E-state index contributed by atoms with van der Waals surface area (Å²) in [6, 6.07) is 4.15. The van der Waals surface area contributed by atoms with Gasteiger partial charge in [-0.1, -0.05) is 19.9 Å². The van der Waals surface area contributed by atoms with Crippen LogP contribution in [0.2, 0.25) is 0 Å². The molecule has 1 aromatic heterocycles. The third kappa shape index (κ3) is 1.82. The van der Waals surface area contributed by atoms with Gasteiger partial charge in [0.1, 0.15) is 0 Å². The number of fused-ring (bicyclic) bond motifs is 1. The molecule has 0 amide bonds. The third-order valence-electron chi connectivity index (χ3n) is 2.07. The molecule has 0 aliphatic heterocycles. The molecule has 14 heavy (non-hydrogen) atoms. The van der Waals surface area contributed by atoms with Crippen LogP contribution in [0.25, 0.3) is 10.9 Å². The molecule has 1 heterocycles. The van der Waals surface area contributed by atoms with Crippen molar-refractivity contribution < 1.29 is 0 Å². The summed E-state index contributed by atoms with van der Waals surface area (Å²) in [4.78, 5) is 0. The average molecular weight is 255 g/mol. The number of aryl methyl sites for hydroxylation is 2.